The zero-order valence-corrected chi connectivity index (χ0v) is 13.4. The summed E-state index contributed by atoms with van der Waals surface area (Å²) in [5, 5.41) is 12.8. The Labute approximate surface area is 139 Å². The van der Waals surface area contributed by atoms with Gasteiger partial charge in [-0.25, -0.2) is 8.78 Å². The van der Waals surface area contributed by atoms with Crippen molar-refractivity contribution in [3.05, 3.63) is 65.2 Å². The number of ether oxygens (including phenoxy) is 1. The third kappa shape index (κ3) is 4.52. The molecule has 0 saturated heterocycles. The molecule has 1 amide bonds. The van der Waals surface area contributed by atoms with Crippen molar-refractivity contribution >= 4 is 5.91 Å². The molecule has 2 rings (SSSR count). The first kappa shape index (κ1) is 17.9. The van der Waals surface area contributed by atoms with E-state index in [4.69, 9.17) is 4.74 Å². The number of methoxy groups -OCH3 is 1. The molecule has 0 unspecified atom stereocenters. The van der Waals surface area contributed by atoms with Crippen LogP contribution in [0.15, 0.2) is 42.5 Å². The summed E-state index contributed by atoms with van der Waals surface area (Å²) in [5.74, 6) is -1.18. The molecule has 2 N–H and O–H groups in total. The van der Waals surface area contributed by atoms with Gasteiger partial charge in [-0.2, -0.15) is 0 Å². The number of rotatable bonds is 6. The second-order valence-electron chi connectivity index (χ2n) is 5.50. The summed E-state index contributed by atoms with van der Waals surface area (Å²) in [7, 11) is 1.36. The van der Waals surface area contributed by atoms with Gasteiger partial charge in [-0.3, -0.25) is 4.79 Å². The van der Waals surface area contributed by atoms with Gasteiger partial charge >= 0.3 is 0 Å². The van der Waals surface area contributed by atoms with Gasteiger partial charge in [0.2, 0.25) is 5.91 Å². The van der Waals surface area contributed by atoms with E-state index >= 15 is 0 Å². The van der Waals surface area contributed by atoms with Crippen molar-refractivity contribution in [1.82, 2.24) is 5.32 Å². The standard InChI is InChI=1S/C18H19F2NO3/c1-11(18(23)13-4-6-14(19)7-5-13)21-17(22)10-12-3-8-16(24-2)15(20)9-12/h3-9,11,18,23H,10H2,1-2H3,(H,21,22)/t11-,18-/m1/s1. The van der Waals surface area contributed by atoms with Gasteiger partial charge in [0.1, 0.15) is 5.82 Å². The Hall–Kier alpha value is -2.47. The van der Waals surface area contributed by atoms with Gasteiger partial charge in [-0.15, -0.1) is 0 Å². The SMILES string of the molecule is COc1ccc(CC(=O)N[C@H](C)[C@@H](O)c2ccc(F)cc2)cc1F. The van der Waals surface area contributed by atoms with E-state index in [1.54, 1.807) is 13.0 Å². The van der Waals surface area contributed by atoms with Crippen molar-refractivity contribution in [2.24, 2.45) is 0 Å². The first-order valence-corrected chi connectivity index (χ1v) is 7.46. The van der Waals surface area contributed by atoms with Crippen molar-refractivity contribution in [2.75, 3.05) is 7.11 Å². The van der Waals surface area contributed by atoms with Crippen LogP contribution >= 0.6 is 0 Å². The van der Waals surface area contributed by atoms with E-state index in [2.05, 4.69) is 5.32 Å². The Morgan fingerprint density at radius 2 is 1.88 bits per heavy atom. The molecule has 24 heavy (non-hydrogen) atoms. The number of nitrogens with one attached hydrogen (secondary N) is 1. The fraction of sp³-hybridized carbons (Fsp3) is 0.278. The maximum absolute atomic E-state index is 13.6. The highest BCUT2D eigenvalue weighted by molar-refractivity contribution is 5.79. The molecule has 2 aromatic rings. The lowest BCUT2D eigenvalue weighted by Gasteiger charge is -2.20. The molecule has 0 saturated carbocycles. The zero-order valence-electron chi connectivity index (χ0n) is 13.4. The van der Waals surface area contributed by atoms with Gasteiger partial charge in [0, 0.05) is 0 Å². The number of aliphatic hydroxyl groups excluding tert-OH is 1. The smallest absolute Gasteiger partial charge is 0.224 e. The fourth-order valence-corrected chi connectivity index (χ4v) is 2.34. The topological polar surface area (TPSA) is 58.6 Å². The Morgan fingerprint density at radius 3 is 2.46 bits per heavy atom. The van der Waals surface area contributed by atoms with Gasteiger partial charge in [0.05, 0.1) is 25.7 Å². The number of hydrogen-bond donors (Lipinski definition) is 2. The Balaban J connectivity index is 1.96. The van der Waals surface area contributed by atoms with Gasteiger partial charge in [0.25, 0.3) is 0 Å². The highest BCUT2D eigenvalue weighted by Crippen LogP contribution is 2.19. The predicted molar refractivity (Wildman–Crippen MR) is 85.6 cm³/mol. The summed E-state index contributed by atoms with van der Waals surface area (Å²) in [4.78, 5) is 12.0. The van der Waals surface area contributed by atoms with E-state index in [0.29, 0.717) is 11.1 Å². The summed E-state index contributed by atoms with van der Waals surface area (Å²) in [5.41, 5.74) is 0.994. The van der Waals surface area contributed by atoms with Crippen molar-refractivity contribution < 1.29 is 23.4 Å². The Kier molecular flexibility index (Phi) is 5.87. The van der Waals surface area contributed by atoms with E-state index in [1.165, 1.54) is 43.5 Å². The molecule has 0 aliphatic rings. The molecule has 0 fully saturated rings. The monoisotopic (exact) mass is 335 g/mol. The Bertz CT molecular complexity index is 704. The first-order chi connectivity index (χ1) is 11.4. The third-order valence-corrected chi connectivity index (χ3v) is 3.65. The van der Waals surface area contributed by atoms with E-state index in [1.807, 2.05) is 0 Å². The summed E-state index contributed by atoms with van der Waals surface area (Å²) in [6.45, 7) is 1.64. The molecule has 0 heterocycles. The minimum absolute atomic E-state index is 0.0264. The molecular weight excluding hydrogens is 316 g/mol. The number of aliphatic hydroxyl groups is 1. The maximum Gasteiger partial charge on any atom is 0.224 e. The van der Waals surface area contributed by atoms with E-state index in [9.17, 15) is 18.7 Å². The second kappa shape index (κ2) is 7.88. The van der Waals surface area contributed by atoms with Crippen LogP contribution < -0.4 is 10.1 Å². The van der Waals surface area contributed by atoms with Crippen LogP contribution in [0, 0.1) is 11.6 Å². The highest BCUT2D eigenvalue weighted by Gasteiger charge is 2.19. The van der Waals surface area contributed by atoms with Crippen LogP contribution in [0.3, 0.4) is 0 Å². The van der Waals surface area contributed by atoms with Crippen molar-refractivity contribution in [3.63, 3.8) is 0 Å². The van der Waals surface area contributed by atoms with Crippen LogP contribution in [0.1, 0.15) is 24.2 Å². The largest absolute Gasteiger partial charge is 0.494 e. The third-order valence-electron chi connectivity index (χ3n) is 3.65. The minimum Gasteiger partial charge on any atom is -0.494 e. The average molecular weight is 335 g/mol. The molecule has 2 atom stereocenters. The van der Waals surface area contributed by atoms with Crippen LogP contribution in [0.4, 0.5) is 8.78 Å². The lowest BCUT2D eigenvalue weighted by Crippen LogP contribution is -2.37. The maximum atomic E-state index is 13.6. The molecule has 0 bridgehead atoms. The van der Waals surface area contributed by atoms with E-state index < -0.39 is 23.8 Å². The zero-order chi connectivity index (χ0) is 17.7. The minimum atomic E-state index is -0.970. The molecule has 0 aliphatic heterocycles. The number of carbonyl (C=O) groups is 1. The Morgan fingerprint density at radius 1 is 1.21 bits per heavy atom. The molecular formula is C18H19F2NO3. The van der Waals surface area contributed by atoms with Crippen LogP contribution in [0.2, 0.25) is 0 Å². The molecule has 0 spiro atoms. The molecule has 0 aromatic heterocycles. The fourth-order valence-electron chi connectivity index (χ4n) is 2.34. The molecule has 128 valence electrons. The second-order valence-corrected chi connectivity index (χ2v) is 5.50. The lowest BCUT2D eigenvalue weighted by atomic mass is 10.0. The summed E-state index contributed by atoms with van der Waals surface area (Å²) < 4.78 is 31.3. The van der Waals surface area contributed by atoms with Gasteiger partial charge in [0.15, 0.2) is 11.6 Å². The van der Waals surface area contributed by atoms with Crippen molar-refractivity contribution in [2.45, 2.75) is 25.5 Å². The average Bonchev–Trinajstić information content (AvgIpc) is 2.55. The van der Waals surface area contributed by atoms with Gasteiger partial charge in [-0.1, -0.05) is 18.2 Å². The molecule has 2 aromatic carbocycles. The van der Waals surface area contributed by atoms with Crippen LogP contribution in [-0.4, -0.2) is 24.2 Å². The molecule has 4 nitrogen and oxygen atoms in total. The summed E-state index contributed by atoms with van der Waals surface area (Å²) >= 11 is 0. The first-order valence-electron chi connectivity index (χ1n) is 7.46. The number of halogens is 2. The molecule has 0 radical (unpaired) electrons. The number of benzene rings is 2. The van der Waals surface area contributed by atoms with Crippen molar-refractivity contribution in [3.8, 4) is 5.75 Å². The van der Waals surface area contributed by atoms with Crippen LogP contribution in [0.5, 0.6) is 5.75 Å². The molecule has 6 heteroatoms. The molecule has 0 aliphatic carbocycles. The normalized spacial score (nSPS) is 13.2. The van der Waals surface area contributed by atoms with E-state index in [-0.39, 0.29) is 18.1 Å². The number of amides is 1. The quantitative estimate of drug-likeness (QED) is 0.853. The van der Waals surface area contributed by atoms with Crippen LogP contribution in [-0.2, 0) is 11.2 Å². The number of hydrogen-bond acceptors (Lipinski definition) is 3. The summed E-state index contributed by atoms with van der Waals surface area (Å²) in [6, 6.07) is 9.12. The van der Waals surface area contributed by atoms with Gasteiger partial charge < -0.3 is 15.2 Å². The predicted octanol–water partition coefficient (Wildman–Crippen LogP) is 2.75. The van der Waals surface area contributed by atoms with Crippen LogP contribution in [0.25, 0.3) is 0 Å². The van der Waals surface area contributed by atoms with Crippen molar-refractivity contribution in [1.29, 1.82) is 0 Å². The van der Waals surface area contributed by atoms with E-state index in [0.717, 1.165) is 0 Å². The lowest BCUT2D eigenvalue weighted by molar-refractivity contribution is -0.121. The number of carbonyl (C=O) groups excluding carboxylic acids is 1. The highest BCUT2D eigenvalue weighted by atomic mass is 19.1. The van der Waals surface area contributed by atoms with Gasteiger partial charge in [-0.05, 0) is 42.3 Å². The summed E-state index contributed by atoms with van der Waals surface area (Å²) in [6.07, 6.45) is -0.997.